The van der Waals surface area contributed by atoms with Gasteiger partial charge in [-0.1, -0.05) is 92.5 Å². The number of likely N-dealkylation sites (tertiary alicyclic amines) is 3. The summed E-state index contributed by atoms with van der Waals surface area (Å²) in [6, 6.07) is 28.1. The molecule has 0 radical (unpaired) electrons. The molecule has 3 fully saturated rings. The molecule has 3 atom stereocenters. The van der Waals surface area contributed by atoms with Crippen molar-refractivity contribution in [2.75, 3.05) is 55.2 Å². The second-order valence-electron chi connectivity index (χ2n) is 20.1. The summed E-state index contributed by atoms with van der Waals surface area (Å²) in [7, 11) is 0. The third-order valence-electron chi connectivity index (χ3n) is 14.7. The summed E-state index contributed by atoms with van der Waals surface area (Å²) in [5.41, 5.74) is 4.87. The quantitative estimate of drug-likeness (QED) is 0.0552. The molecule has 21 nitrogen and oxygen atoms in total. The van der Waals surface area contributed by atoms with E-state index >= 15 is 0 Å². The van der Waals surface area contributed by atoms with Gasteiger partial charge < -0.3 is 45.6 Å². The van der Waals surface area contributed by atoms with Gasteiger partial charge in [-0.2, -0.15) is 0 Å². The van der Waals surface area contributed by atoms with Crippen LogP contribution >= 0.6 is 0 Å². The molecule has 6 N–H and O–H groups in total. The Balaban J connectivity index is 0.000000138. The zero-order valence-electron chi connectivity index (χ0n) is 45.0. The maximum Gasteiger partial charge on any atom is 0.246 e. The molecule has 0 spiro atoms. The van der Waals surface area contributed by atoms with Crippen molar-refractivity contribution in [2.45, 2.75) is 56.7 Å². The Kier molecular flexibility index (Phi) is 17.0. The van der Waals surface area contributed by atoms with Crippen molar-refractivity contribution in [3.8, 4) is 22.4 Å². The first-order valence-corrected chi connectivity index (χ1v) is 27.1. The van der Waals surface area contributed by atoms with E-state index in [1.54, 1.807) is 33.0 Å². The van der Waals surface area contributed by atoms with Gasteiger partial charge in [-0.25, -0.2) is 29.9 Å². The standard InChI is InChI=1S/2C21H21N5O2.C19H19N5O2/c1-2-18(28)26-10-6-9-15(12-26)24-20-19-17(27)11-16(14-7-4-3-5-8-14)25-21(19)23-13-22-20;1-2-17(27)26-10-6-9-15(12-26)25-21-18-19(28)16(14-7-4-3-5-8-14)11-22-20(18)23-13-24-21;1-2-15(25)24-9-5-6-12(10-24)22-18-16-17(26)13-7-3-4-8-14(13)23-19(16)21-11-20-18/h2-5,7-8,11,13,15H,1,6,9-10,12H2,(H2,22,23,24,25,27);2-5,7-8,11,13,15H,1,6,9-10,12H2,(H2,22,23,24,25,28);2-4,7-8,11-12H,1,5-6,9-10H2,(H2,20,21,22,23,26). The van der Waals surface area contributed by atoms with Crippen molar-refractivity contribution in [3.63, 3.8) is 0 Å². The fraction of sp³-hybridized carbons (Fsp3) is 0.246. The molecule has 6 aromatic heterocycles. The number of amides is 3. The van der Waals surface area contributed by atoms with E-state index in [1.807, 2.05) is 78.9 Å². The van der Waals surface area contributed by atoms with Crippen LogP contribution in [0, 0.1) is 0 Å². The number of pyridine rings is 3. The largest absolute Gasteiger partial charge is 0.365 e. The van der Waals surface area contributed by atoms with Crippen molar-refractivity contribution >= 4 is 79.2 Å². The Morgan fingerprint density at radius 3 is 1.46 bits per heavy atom. The number of carbonyl (C=O) groups excluding carboxylic acids is 3. The normalized spacial score (nSPS) is 16.9. The highest BCUT2D eigenvalue weighted by molar-refractivity contribution is 5.96. The lowest BCUT2D eigenvalue weighted by Gasteiger charge is -2.32. The second-order valence-corrected chi connectivity index (χ2v) is 20.1. The number of benzene rings is 3. The summed E-state index contributed by atoms with van der Waals surface area (Å²) in [5, 5.41) is 11.9. The van der Waals surface area contributed by atoms with E-state index in [4.69, 9.17) is 0 Å². The predicted octanol–water partition coefficient (Wildman–Crippen LogP) is 7.21. The summed E-state index contributed by atoms with van der Waals surface area (Å²) < 4.78 is 0. The van der Waals surface area contributed by atoms with E-state index in [1.165, 1.54) is 37.2 Å². The van der Waals surface area contributed by atoms with Crippen molar-refractivity contribution in [1.82, 2.24) is 59.6 Å². The lowest BCUT2D eigenvalue weighted by molar-refractivity contribution is -0.127. The van der Waals surface area contributed by atoms with Crippen LogP contribution in [0.3, 0.4) is 0 Å². The van der Waals surface area contributed by atoms with Gasteiger partial charge in [-0.15, -0.1) is 0 Å². The summed E-state index contributed by atoms with van der Waals surface area (Å²) in [6.45, 7) is 14.5. The summed E-state index contributed by atoms with van der Waals surface area (Å²) in [5.74, 6) is 1.24. The minimum Gasteiger partial charge on any atom is -0.365 e. The van der Waals surface area contributed by atoms with Crippen LogP contribution in [0.1, 0.15) is 38.5 Å². The molecule has 3 aliphatic heterocycles. The summed E-state index contributed by atoms with van der Waals surface area (Å²) >= 11 is 0. The maximum atomic E-state index is 13.2. The summed E-state index contributed by atoms with van der Waals surface area (Å²) in [4.78, 5) is 115. The third kappa shape index (κ3) is 12.3. The van der Waals surface area contributed by atoms with Crippen molar-refractivity contribution < 1.29 is 14.4 Å². The molecule has 0 saturated carbocycles. The molecular weight excluding hydrogens is 1040 g/mol. The fourth-order valence-corrected chi connectivity index (χ4v) is 10.7. The first-order chi connectivity index (χ1) is 40.0. The van der Waals surface area contributed by atoms with Crippen molar-refractivity contribution in [1.29, 1.82) is 0 Å². The van der Waals surface area contributed by atoms with Gasteiger partial charge in [0.05, 0.1) is 11.2 Å². The number of aromatic amines is 3. The van der Waals surface area contributed by atoms with Gasteiger partial charge in [-0.3, -0.25) is 28.8 Å². The Morgan fingerprint density at radius 2 is 0.951 bits per heavy atom. The zero-order chi connectivity index (χ0) is 57.1. The fourth-order valence-electron chi connectivity index (χ4n) is 10.7. The number of hydrogen-bond acceptors (Lipinski definition) is 15. The highest BCUT2D eigenvalue weighted by Gasteiger charge is 2.27. The Bertz CT molecular complexity index is 4040. The number of carbonyl (C=O) groups is 3. The average molecular weight is 1100 g/mol. The van der Waals surface area contributed by atoms with Crippen LogP contribution in [0.2, 0.25) is 0 Å². The topological polar surface area (TPSA) is 273 Å². The first kappa shape index (κ1) is 55.1. The van der Waals surface area contributed by atoms with Gasteiger partial charge in [-0.05, 0) is 80.0 Å². The van der Waals surface area contributed by atoms with Gasteiger partial charge in [0.2, 0.25) is 28.6 Å². The van der Waals surface area contributed by atoms with Gasteiger partial charge in [0.1, 0.15) is 69.5 Å². The number of nitrogens with one attached hydrogen (secondary N) is 6. The Hall–Kier alpha value is -10.2. The van der Waals surface area contributed by atoms with E-state index in [9.17, 15) is 28.8 Å². The molecule has 9 heterocycles. The highest BCUT2D eigenvalue weighted by atomic mass is 16.2. The van der Waals surface area contributed by atoms with Crippen LogP contribution in [-0.4, -0.2) is 135 Å². The van der Waals surface area contributed by atoms with Gasteiger partial charge in [0.25, 0.3) is 0 Å². The molecule has 3 aliphatic rings. The van der Waals surface area contributed by atoms with Crippen LogP contribution in [0.5, 0.6) is 0 Å². The number of aromatic nitrogens is 9. The molecule has 3 aromatic carbocycles. The molecule has 3 amide bonds. The molecule has 0 bridgehead atoms. The Morgan fingerprint density at radius 1 is 0.512 bits per heavy atom. The van der Waals surface area contributed by atoms with E-state index in [-0.39, 0.29) is 52.1 Å². The second kappa shape index (κ2) is 25.3. The number of piperidine rings is 3. The third-order valence-corrected chi connectivity index (χ3v) is 14.7. The van der Waals surface area contributed by atoms with Gasteiger partial charge in [0.15, 0.2) is 5.43 Å². The smallest absolute Gasteiger partial charge is 0.246 e. The maximum absolute atomic E-state index is 13.2. The highest BCUT2D eigenvalue weighted by Crippen LogP contribution is 2.26. The number of anilines is 3. The number of H-pyrrole nitrogens is 3. The van der Waals surface area contributed by atoms with Crippen molar-refractivity contribution in [2.24, 2.45) is 0 Å². The van der Waals surface area contributed by atoms with E-state index in [2.05, 4.69) is 80.5 Å². The van der Waals surface area contributed by atoms with Crippen LogP contribution in [0.15, 0.2) is 169 Å². The lowest BCUT2D eigenvalue weighted by Crippen LogP contribution is -2.44. The Labute approximate surface area is 470 Å². The SMILES string of the molecule is C=CC(=O)N1CCCC(Nc2ncnc3[nH]c(-c4ccccc4)cc(=O)c23)C1.C=CC(=O)N1CCCC(Nc2ncnc3[nH]c4ccccc4c(=O)c23)C1.C=CC(=O)N1CCCC(Nc2ncnc3[nH]cc(-c4ccccc4)c(=O)c23)C1. The monoisotopic (exact) mass is 1100 g/mol. The molecule has 416 valence electrons. The summed E-state index contributed by atoms with van der Waals surface area (Å²) in [6.07, 6.45) is 15.3. The number of nitrogens with zero attached hydrogens (tertiary/aromatic N) is 9. The first-order valence-electron chi connectivity index (χ1n) is 27.1. The van der Waals surface area contributed by atoms with Crippen LogP contribution in [0.4, 0.5) is 17.5 Å². The van der Waals surface area contributed by atoms with E-state index in [0.29, 0.717) is 99.9 Å². The van der Waals surface area contributed by atoms with Crippen LogP contribution in [0.25, 0.3) is 66.4 Å². The van der Waals surface area contributed by atoms with E-state index in [0.717, 1.165) is 61.7 Å². The van der Waals surface area contributed by atoms with Gasteiger partial charge in [0, 0.05) is 80.6 Å². The van der Waals surface area contributed by atoms with E-state index < -0.39 is 0 Å². The number of hydrogen-bond donors (Lipinski definition) is 6. The minimum atomic E-state index is -0.148. The predicted molar refractivity (Wildman–Crippen MR) is 319 cm³/mol. The zero-order valence-corrected chi connectivity index (χ0v) is 45.0. The number of fused-ring (bicyclic) bond motifs is 4. The van der Waals surface area contributed by atoms with Crippen LogP contribution in [-0.2, 0) is 14.4 Å². The molecular formula is C61H61N15O6. The lowest BCUT2D eigenvalue weighted by atomic mass is 10.0. The van der Waals surface area contributed by atoms with Gasteiger partial charge >= 0.3 is 0 Å². The van der Waals surface area contributed by atoms with Crippen LogP contribution < -0.4 is 32.2 Å². The molecule has 82 heavy (non-hydrogen) atoms. The van der Waals surface area contributed by atoms with Crippen molar-refractivity contribution in [3.05, 3.63) is 185 Å². The molecule has 0 aliphatic carbocycles. The number of para-hydroxylation sites is 1. The number of rotatable bonds is 11. The molecule has 21 heteroatoms. The average Bonchev–Trinajstić information content (AvgIpc) is 3.55. The molecule has 9 aromatic rings. The molecule has 3 saturated heterocycles. The molecule has 12 rings (SSSR count). The minimum absolute atomic E-state index is 0.00975. The molecule has 3 unspecified atom stereocenters.